The van der Waals surface area contributed by atoms with Crippen LogP contribution in [-0.2, 0) is 6.61 Å². The standard InChI is InChI=1S/C30H17ClI2N4O5/c31-20-7-10-26-19(13-20)14-27(42-26)29-35-25-4-2-1-3-22(25)30(38)36(29)34-15-18-11-23(32)28(24(33)12-18)41-16-17-5-8-21(9-6-17)37(39)40/h1-15H,16H2. The van der Waals surface area contributed by atoms with E-state index in [0.717, 1.165) is 23.7 Å². The first-order valence-corrected chi connectivity index (χ1v) is 14.9. The van der Waals surface area contributed by atoms with Crippen molar-refractivity contribution in [3.63, 3.8) is 0 Å². The van der Waals surface area contributed by atoms with Crippen LogP contribution in [0, 0.1) is 17.3 Å². The van der Waals surface area contributed by atoms with Crippen molar-refractivity contribution in [1.82, 2.24) is 9.66 Å². The molecule has 0 atom stereocenters. The monoisotopic (exact) mass is 802 g/mol. The Balaban J connectivity index is 1.34. The van der Waals surface area contributed by atoms with Crippen molar-refractivity contribution in [2.45, 2.75) is 6.61 Å². The fraction of sp³-hybridized carbons (Fsp3) is 0.0333. The highest BCUT2D eigenvalue weighted by molar-refractivity contribution is 14.1. The summed E-state index contributed by atoms with van der Waals surface area (Å²) in [5, 5.41) is 17.2. The lowest BCUT2D eigenvalue weighted by molar-refractivity contribution is -0.384. The van der Waals surface area contributed by atoms with E-state index in [0.29, 0.717) is 33.0 Å². The van der Waals surface area contributed by atoms with E-state index in [1.807, 2.05) is 18.2 Å². The lowest BCUT2D eigenvalue weighted by atomic mass is 10.2. The predicted octanol–water partition coefficient (Wildman–Crippen LogP) is 8.04. The van der Waals surface area contributed by atoms with E-state index in [1.54, 1.807) is 60.8 Å². The number of rotatable bonds is 7. The van der Waals surface area contributed by atoms with Crippen molar-refractivity contribution in [1.29, 1.82) is 0 Å². The van der Waals surface area contributed by atoms with E-state index in [2.05, 4.69) is 50.3 Å². The van der Waals surface area contributed by atoms with Gasteiger partial charge >= 0.3 is 0 Å². The summed E-state index contributed by atoms with van der Waals surface area (Å²) >= 11 is 10.5. The molecule has 0 saturated heterocycles. The number of aromatic nitrogens is 2. The molecule has 9 nitrogen and oxygen atoms in total. The van der Waals surface area contributed by atoms with Gasteiger partial charge < -0.3 is 9.15 Å². The van der Waals surface area contributed by atoms with Gasteiger partial charge in [-0.25, -0.2) is 4.98 Å². The van der Waals surface area contributed by atoms with Gasteiger partial charge in [-0.05, 0) is 117 Å². The molecule has 0 aliphatic heterocycles. The lowest BCUT2D eigenvalue weighted by Gasteiger charge is -2.12. The Morgan fingerprint density at radius 2 is 1.76 bits per heavy atom. The summed E-state index contributed by atoms with van der Waals surface area (Å²) in [6, 6.07) is 24.2. The Labute approximate surface area is 270 Å². The molecule has 0 radical (unpaired) electrons. The van der Waals surface area contributed by atoms with Crippen LogP contribution in [0.2, 0.25) is 5.02 Å². The summed E-state index contributed by atoms with van der Waals surface area (Å²) in [5.74, 6) is 1.32. The van der Waals surface area contributed by atoms with Crippen LogP contribution in [0.25, 0.3) is 33.5 Å². The van der Waals surface area contributed by atoms with Crippen LogP contribution >= 0.6 is 56.8 Å². The normalized spacial score (nSPS) is 11.5. The molecule has 0 bridgehead atoms. The van der Waals surface area contributed by atoms with Gasteiger partial charge in [0, 0.05) is 22.5 Å². The second-order valence-corrected chi connectivity index (χ2v) is 11.9. The number of furan rings is 1. The zero-order valence-corrected chi connectivity index (χ0v) is 26.4. The first kappa shape index (κ1) is 28.3. The minimum atomic E-state index is -0.436. The number of nitro groups is 1. The second-order valence-electron chi connectivity index (χ2n) is 9.13. The average molecular weight is 803 g/mol. The van der Waals surface area contributed by atoms with Gasteiger partial charge in [0.1, 0.15) is 17.9 Å². The molecule has 0 unspecified atom stereocenters. The molecule has 6 aromatic rings. The Kier molecular flexibility index (Phi) is 7.96. The summed E-state index contributed by atoms with van der Waals surface area (Å²) in [4.78, 5) is 28.7. The second kappa shape index (κ2) is 11.8. The Bertz CT molecular complexity index is 2070. The number of fused-ring (bicyclic) bond motifs is 2. The first-order chi connectivity index (χ1) is 20.3. The maximum Gasteiger partial charge on any atom is 0.282 e. The van der Waals surface area contributed by atoms with Crippen LogP contribution in [0.3, 0.4) is 0 Å². The van der Waals surface area contributed by atoms with Crippen LogP contribution < -0.4 is 10.3 Å². The van der Waals surface area contributed by atoms with E-state index in [-0.39, 0.29) is 23.7 Å². The third kappa shape index (κ3) is 5.76. The molecule has 12 heteroatoms. The molecule has 0 spiro atoms. The van der Waals surface area contributed by atoms with E-state index in [4.69, 9.17) is 25.7 Å². The van der Waals surface area contributed by atoms with Gasteiger partial charge in [0.15, 0.2) is 5.76 Å². The molecule has 0 fully saturated rings. The maximum atomic E-state index is 13.6. The summed E-state index contributed by atoms with van der Waals surface area (Å²) in [7, 11) is 0. The first-order valence-electron chi connectivity index (χ1n) is 12.4. The Morgan fingerprint density at radius 3 is 2.50 bits per heavy atom. The van der Waals surface area contributed by atoms with E-state index in [9.17, 15) is 14.9 Å². The molecule has 0 aliphatic rings. The zero-order chi connectivity index (χ0) is 29.4. The quantitative estimate of drug-likeness (QED) is 0.0700. The van der Waals surface area contributed by atoms with Crippen LogP contribution in [-0.4, -0.2) is 20.8 Å². The average Bonchev–Trinajstić information content (AvgIpc) is 3.39. The van der Waals surface area contributed by atoms with Gasteiger partial charge in [-0.3, -0.25) is 14.9 Å². The highest BCUT2D eigenvalue weighted by Gasteiger charge is 2.17. The number of nitrogens with zero attached hydrogens (tertiary/aromatic N) is 4. The molecular weight excluding hydrogens is 786 g/mol. The Morgan fingerprint density at radius 1 is 1.02 bits per heavy atom. The van der Waals surface area contributed by atoms with Gasteiger partial charge in [-0.15, -0.1) is 0 Å². The number of benzene rings is 4. The van der Waals surface area contributed by atoms with Crippen molar-refractivity contribution in [2.75, 3.05) is 0 Å². The van der Waals surface area contributed by atoms with Crippen LogP contribution in [0.5, 0.6) is 5.75 Å². The fourth-order valence-electron chi connectivity index (χ4n) is 4.30. The smallest absolute Gasteiger partial charge is 0.282 e. The SMILES string of the molecule is O=c1c2ccccc2nc(-c2cc3cc(Cl)ccc3o2)n1N=Cc1cc(I)c(OCc2ccc([N+](=O)[O-])cc2)c(I)c1. The highest BCUT2D eigenvalue weighted by atomic mass is 127. The van der Waals surface area contributed by atoms with Crippen molar-refractivity contribution >= 4 is 90.6 Å². The summed E-state index contributed by atoms with van der Waals surface area (Å²) < 4.78 is 15.0. The molecule has 0 saturated carbocycles. The minimum Gasteiger partial charge on any atom is -0.487 e. The number of para-hydroxylation sites is 1. The fourth-order valence-corrected chi connectivity index (χ4v) is 6.61. The van der Waals surface area contributed by atoms with Gasteiger partial charge in [-0.1, -0.05) is 23.7 Å². The number of ether oxygens (including phenoxy) is 1. The summed E-state index contributed by atoms with van der Waals surface area (Å²) in [6.45, 7) is 0.252. The molecular formula is C30H17ClI2N4O5. The van der Waals surface area contributed by atoms with Gasteiger partial charge in [0.25, 0.3) is 11.2 Å². The topological polar surface area (TPSA) is 113 Å². The summed E-state index contributed by atoms with van der Waals surface area (Å²) in [6.07, 6.45) is 1.59. The molecule has 2 aromatic heterocycles. The van der Waals surface area contributed by atoms with Crippen molar-refractivity contribution in [3.8, 4) is 17.3 Å². The van der Waals surface area contributed by atoms with Crippen LogP contribution in [0.4, 0.5) is 5.69 Å². The summed E-state index contributed by atoms with van der Waals surface area (Å²) in [5.41, 5.74) is 2.38. The molecule has 42 heavy (non-hydrogen) atoms. The largest absolute Gasteiger partial charge is 0.487 e. The minimum absolute atomic E-state index is 0.0279. The van der Waals surface area contributed by atoms with Crippen molar-refractivity contribution < 1.29 is 14.1 Å². The molecule has 208 valence electrons. The third-order valence-electron chi connectivity index (χ3n) is 6.33. The highest BCUT2D eigenvalue weighted by Crippen LogP contribution is 2.31. The van der Waals surface area contributed by atoms with E-state index < -0.39 is 4.92 Å². The maximum absolute atomic E-state index is 13.6. The molecule has 2 heterocycles. The predicted molar refractivity (Wildman–Crippen MR) is 179 cm³/mol. The van der Waals surface area contributed by atoms with Crippen molar-refractivity contribution in [2.24, 2.45) is 5.10 Å². The Hall–Kier alpha value is -3.82. The molecule has 0 N–H and O–H groups in total. The van der Waals surface area contributed by atoms with Crippen LogP contribution in [0.1, 0.15) is 11.1 Å². The van der Waals surface area contributed by atoms with E-state index in [1.165, 1.54) is 16.8 Å². The van der Waals surface area contributed by atoms with Gasteiger partial charge in [0.05, 0.1) is 29.2 Å². The lowest BCUT2D eigenvalue weighted by Crippen LogP contribution is -2.20. The number of non-ortho nitro benzene ring substituents is 1. The third-order valence-corrected chi connectivity index (χ3v) is 8.16. The number of hydrogen-bond donors (Lipinski definition) is 0. The molecule has 4 aromatic carbocycles. The van der Waals surface area contributed by atoms with Crippen LogP contribution in [0.15, 0.2) is 99.2 Å². The molecule has 0 aliphatic carbocycles. The number of nitro benzene ring substituents is 1. The zero-order valence-electron chi connectivity index (χ0n) is 21.3. The number of hydrogen-bond acceptors (Lipinski definition) is 7. The molecule has 6 rings (SSSR count). The van der Waals surface area contributed by atoms with E-state index >= 15 is 0 Å². The van der Waals surface area contributed by atoms with Gasteiger partial charge in [0.2, 0.25) is 5.82 Å². The molecule has 0 amide bonds. The number of halogens is 3. The van der Waals surface area contributed by atoms with Crippen molar-refractivity contribution in [3.05, 3.63) is 129 Å². The van der Waals surface area contributed by atoms with Gasteiger partial charge in [-0.2, -0.15) is 9.78 Å².